The molecule has 0 aromatic carbocycles. The third-order valence-electron chi connectivity index (χ3n) is 4.63. The standard InChI is InChI=1S/C15H41BNO2P3/c1-20(2,3)11-22(6,7)12-21(4,5)9-8-13-14(19-17)10-15(16)18-13/h13-15,20-22H,8-12,16-17H2,1-7H3/t13-,14-,15-/m1/s1. The molecule has 0 bridgehead atoms. The Hall–Kier alpha value is 1.23. The zero-order valence-corrected chi connectivity index (χ0v) is 19.2. The van der Waals surface area contributed by atoms with Crippen LogP contribution in [0.25, 0.3) is 0 Å². The molecule has 1 rings (SSSR count). The molecule has 0 saturated carbocycles. The van der Waals surface area contributed by atoms with Gasteiger partial charge in [0, 0.05) is 0 Å². The second-order valence-electron chi connectivity index (χ2n) is 10.2. The third-order valence-corrected chi connectivity index (χ3v) is 22.0. The molecule has 22 heavy (non-hydrogen) atoms. The summed E-state index contributed by atoms with van der Waals surface area (Å²) in [5, 5.41) is 0. The maximum atomic E-state index is 6.01. The van der Waals surface area contributed by atoms with Gasteiger partial charge >= 0.3 is 141 Å². The van der Waals surface area contributed by atoms with Crippen LogP contribution in [0.3, 0.4) is 0 Å². The Labute approximate surface area is 141 Å². The van der Waals surface area contributed by atoms with Crippen molar-refractivity contribution in [3.05, 3.63) is 0 Å². The van der Waals surface area contributed by atoms with Crippen LogP contribution in [-0.2, 0) is 9.57 Å². The molecule has 1 aliphatic rings. The van der Waals surface area contributed by atoms with Crippen LogP contribution >= 0.6 is 21.8 Å². The van der Waals surface area contributed by atoms with Crippen LogP contribution < -0.4 is 5.90 Å². The first-order valence-electron chi connectivity index (χ1n) is 8.85. The molecule has 0 amide bonds. The Morgan fingerprint density at radius 2 is 1.64 bits per heavy atom. The SMILES string of the molecule is B[C@H]1C[C@@H](ON)[C@@H](CC[PH](C)(C)C[PH](C)(C)C[PH](C)(C)C)O1. The van der Waals surface area contributed by atoms with Crippen molar-refractivity contribution < 1.29 is 9.57 Å². The number of nitrogens with two attached hydrogens (primary N) is 1. The molecular weight excluding hydrogens is 330 g/mol. The minimum atomic E-state index is -1.16. The van der Waals surface area contributed by atoms with E-state index in [0.29, 0.717) is 6.00 Å². The Balaban J connectivity index is 2.53. The Morgan fingerprint density at radius 1 is 1.05 bits per heavy atom. The van der Waals surface area contributed by atoms with E-state index < -0.39 is 21.8 Å². The maximum absolute atomic E-state index is 6.01. The van der Waals surface area contributed by atoms with Crippen molar-refractivity contribution in [3.8, 4) is 0 Å². The first-order valence-corrected chi connectivity index (χ1v) is 19.4. The van der Waals surface area contributed by atoms with Gasteiger partial charge in [0.25, 0.3) is 0 Å². The van der Waals surface area contributed by atoms with E-state index in [1.54, 1.807) is 11.8 Å². The summed E-state index contributed by atoms with van der Waals surface area (Å²) in [5.74, 6) is 8.54. The van der Waals surface area contributed by atoms with Gasteiger partial charge < -0.3 is 0 Å². The predicted molar refractivity (Wildman–Crippen MR) is 117 cm³/mol. The Kier molecular flexibility index (Phi) is 7.81. The molecule has 0 aromatic heterocycles. The van der Waals surface area contributed by atoms with E-state index in [0.717, 1.165) is 12.8 Å². The monoisotopic (exact) mass is 371 g/mol. The van der Waals surface area contributed by atoms with Crippen molar-refractivity contribution in [1.29, 1.82) is 0 Å². The normalized spacial score (nSPS) is 29.5. The number of hydrogen-bond acceptors (Lipinski definition) is 3. The summed E-state index contributed by atoms with van der Waals surface area (Å²) in [6.45, 7) is 17.9. The third kappa shape index (κ3) is 7.87. The zero-order chi connectivity index (χ0) is 17.2. The van der Waals surface area contributed by atoms with Gasteiger partial charge in [0.2, 0.25) is 0 Å². The molecule has 1 aliphatic heterocycles. The summed E-state index contributed by atoms with van der Waals surface area (Å²) in [7, 11) is -1.05. The second kappa shape index (κ2) is 8.08. The van der Waals surface area contributed by atoms with Crippen molar-refractivity contribution in [1.82, 2.24) is 0 Å². The molecule has 7 heteroatoms. The molecule has 0 spiro atoms. The van der Waals surface area contributed by atoms with Crippen LogP contribution in [0.15, 0.2) is 0 Å². The van der Waals surface area contributed by atoms with Crippen molar-refractivity contribution >= 4 is 29.6 Å². The zero-order valence-electron chi connectivity index (χ0n) is 16.2. The van der Waals surface area contributed by atoms with E-state index in [-0.39, 0.29) is 12.2 Å². The molecule has 3 atom stereocenters. The van der Waals surface area contributed by atoms with E-state index in [9.17, 15) is 0 Å². The average Bonchev–Trinajstić information content (AvgIpc) is 2.62. The van der Waals surface area contributed by atoms with Gasteiger partial charge in [-0.1, -0.05) is 0 Å². The first kappa shape index (κ1) is 21.3. The summed E-state index contributed by atoms with van der Waals surface area (Å²) in [6.07, 6.45) is 3.73. The van der Waals surface area contributed by atoms with Crippen molar-refractivity contribution in [2.75, 3.05) is 64.6 Å². The van der Waals surface area contributed by atoms with E-state index in [2.05, 4.69) is 54.5 Å². The molecule has 0 aliphatic carbocycles. The van der Waals surface area contributed by atoms with Crippen molar-refractivity contribution in [3.63, 3.8) is 0 Å². The van der Waals surface area contributed by atoms with Gasteiger partial charge in [-0.05, 0) is 0 Å². The summed E-state index contributed by atoms with van der Waals surface area (Å²) in [6, 6.07) is 0.293. The molecule has 2 N–H and O–H groups in total. The van der Waals surface area contributed by atoms with Gasteiger partial charge in [0.1, 0.15) is 0 Å². The molecule has 0 unspecified atom stereocenters. The number of ether oxygens (including phenoxy) is 1. The second-order valence-corrected chi connectivity index (χ2v) is 27.3. The molecule has 3 nitrogen and oxygen atoms in total. The number of hydrogen-bond donors (Lipinski definition) is 1. The summed E-state index contributed by atoms with van der Waals surface area (Å²) in [4.78, 5) is 5.13. The molecule has 0 radical (unpaired) electrons. The molecule has 1 fully saturated rings. The molecule has 0 aromatic rings. The van der Waals surface area contributed by atoms with Gasteiger partial charge in [-0.15, -0.1) is 0 Å². The van der Waals surface area contributed by atoms with E-state index in [1.807, 2.05) is 0 Å². The van der Waals surface area contributed by atoms with Crippen molar-refractivity contribution in [2.45, 2.75) is 31.1 Å². The van der Waals surface area contributed by atoms with E-state index >= 15 is 0 Å². The summed E-state index contributed by atoms with van der Waals surface area (Å²) >= 11 is 0. The van der Waals surface area contributed by atoms with E-state index in [4.69, 9.17) is 15.5 Å². The van der Waals surface area contributed by atoms with Crippen LogP contribution in [0, 0.1) is 0 Å². The van der Waals surface area contributed by atoms with Crippen LogP contribution in [-0.4, -0.2) is 90.7 Å². The average molecular weight is 371 g/mol. The van der Waals surface area contributed by atoms with Gasteiger partial charge in [-0.2, -0.15) is 0 Å². The van der Waals surface area contributed by atoms with Gasteiger partial charge in [-0.25, -0.2) is 0 Å². The van der Waals surface area contributed by atoms with Crippen molar-refractivity contribution in [2.24, 2.45) is 5.90 Å². The molecule has 1 heterocycles. The fourth-order valence-electron chi connectivity index (χ4n) is 4.73. The minimum absolute atomic E-state index is 0.104. The van der Waals surface area contributed by atoms with Crippen LogP contribution in [0.1, 0.15) is 12.8 Å². The van der Waals surface area contributed by atoms with Crippen LogP contribution in [0.5, 0.6) is 0 Å². The van der Waals surface area contributed by atoms with Gasteiger partial charge in [0.05, 0.1) is 0 Å². The molecule has 1 saturated heterocycles. The van der Waals surface area contributed by atoms with Crippen LogP contribution in [0.2, 0.25) is 0 Å². The summed E-state index contributed by atoms with van der Waals surface area (Å²) < 4.78 is 6.01. The molecule has 136 valence electrons. The van der Waals surface area contributed by atoms with Crippen LogP contribution in [0.4, 0.5) is 0 Å². The first-order chi connectivity index (χ1) is 9.84. The van der Waals surface area contributed by atoms with Gasteiger partial charge in [-0.3, -0.25) is 0 Å². The fourth-order valence-corrected chi connectivity index (χ4v) is 30.0. The fraction of sp³-hybridized carbons (Fsp3) is 1.00. The van der Waals surface area contributed by atoms with E-state index in [1.165, 1.54) is 6.16 Å². The van der Waals surface area contributed by atoms with Gasteiger partial charge in [0.15, 0.2) is 0 Å². The summed E-state index contributed by atoms with van der Waals surface area (Å²) in [5.41, 5.74) is 0. The topological polar surface area (TPSA) is 44.5 Å². The quantitative estimate of drug-likeness (QED) is 0.403. The Morgan fingerprint density at radius 3 is 2.14 bits per heavy atom. The predicted octanol–water partition coefficient (Wildman–Crippen LogP) is 1.96. The number of rotatable bonds is 8. The Bertz CT molecular complexity index is 361. The molecular formula is C15H41BNO2P3.